The van der Waals surface area contributed by atoms with Gasteiger partial charge < -0.3 is 39.7 Å². The number of amides is 6. The van der Waals surface area contributed by atoms with Gasteiger partial charge in [0.2, 0.25) is 0 Å². The predicted molar refractivity (Wildman–Crippen MR) is 367 cm³/mol. The van der Waals surface area contributed by atoms with Crippen molar-refractivity contribution in [3.8, 4) is 11.5 Å². The Morgan fingerprint density at radius 2 is 0.802 bits per heavy atom. The van der Waals surface area contributed by atoms with Gasteiger partial charge in [-0.05, 0) is 208 Å². The molecule has 3 aliphatic heterocycles. The Labute approximate surface area is 546 Å². The molecule has 0 radical (unpaired) electrons. The molecule has 13 rings (SSSR count). The molecule has 14 nitrogen and oxygen atoms in total. The largest absolute Gasteiger partial charge is 0.497 e. The molecule has 3 heterocycles. The summed E-state index contributed by atoms with van der Waals surface area (Å²) in [5.74, 6) is 1.69. The molecule has 91 heavy (non-hydrogen) atoms. The van der Waals surface area contributed by atoms with E-state index in [1.807, 2.05) is 41.3 Å². The molecule has 5 aliphatic carbocycles. The Balaban J connectivity index is 0.000000151. The van der Waals surface area contributed by atoms with Gasteiger partial charge in [-0.2, -0.15) is 0 Å². The number of hydrogen-bond acceptors (Lipinski definition) is 8. The summed E-state index contributed by atoms with van der Waals surface area (Å²) >= 11 is 0. The van der Waals surface area contributed by atoms with Crippen molar-refractivity contribution in [2.24, 2.45) is 10.8 Å². The molecule has 0 atom stereocenters. The number of carbonyl (C=O) groups is 3. The molecule has 0 unspecified atom stereocenters. The summed E-state index contributed by atoms with van der Waals surface area (Å²) in [6, 6.07) is 49.3. The smallest absolute Gasteiger partial charge is 0.320 e. The van der Waals surface area contributed by atoms with Gasteiger partial charge in [-0.25, -0.2) is 14.4 Å². The van der Waals surface area contributed by atoms with E-state index in [0.29, 0.717) is 18.5 Å². The zero-order chi connectivity index (χ0) is 63.6. The van der Waals surface area contributed by atoms with Crippen LogP contribution in [0.3, 0.4) is 0 Å². The third-order valence-corrected chi connectivity index (χ3v) is 23.9. The van der Waals surface area contributed by atoms with Crippen LogP contribution >= 0.6 is 0 Å². The van der Waals surface area contributed by atoms with Crippen molar-refractivity contribution >= 4 is 18.1 Å². The van der Waals surface area contributed by atoms with Gasteiger partial charge in [0.1, 0.15) is 11.5 Å². The van der Waals surface area contributed by atoms with E-state index < -0.39 is 0 Å². The summed E-state index contributed by atoms with van der Waals surface area (Å²) in [7, 11) is 16.5. The molecule has 8 fully saturated rings. The Bertz CT molecular complexity index is 3200. The first-order valence-electron chi connectivity index (χ1n) is 33.8. The zero-order valence-corrected chi connectivity index (χ0v) is 56.1. The minimum Gasteiger partial charge on any atom is -0.497 e. The van der Waals surface area contributed by atoms with Crippen LogP contribution in [-0.2, 0) is 29.7 Å². The highest BCUT2D eigenvalue weighted by Gasteiger charge is 2.57. The Morgan fingerprint density at radius 1 is 0.429 bits per heavy atom. The number of nitrogens with zero attached hydrogens (tertiary/aromatic N) is 7. The maximum atomic E-state index is 13.9. The summed E-state index contributed by atoms with van der Waals surface area (Å²) < 4.78 is 10.6. The van der Waals surface area contributed by atoms with Gasteiger partial charge in [0, 0.05) is 62.4 Å². The molecule has 6 amide bonds. The molecule has 3 saturated heterocycles. The molecule has 0 bridgehead atoms. The average Bonchev–Trinajstić information content (AvgIpc) is 1.69. The van der Waals surface area contributed by atoms with Crippen LogP contribution in [0.15, 0.2) is 140 Å². The summed E-state index contributed by atoms with van der Waals surface area (Å²) in [6.45, 7) is 10.3. The van der Waals surface area contributed by atoms with E-state index in [4.69, 9.17) is 9.47 Å². The van der Waals surface area contributed by atoms with Gasteiger partial charge in [0.15, 0.2) is 0 Å². The summed E-state index contributed by atoms with van der Waals surface area (Å²) in [5, 5.41) is 6.50. The van der Waals surface area contributed by atoms with Crippen LogP contribution in [0.2, 0.25) is 0 Å². The monoisotopic (exact) mass is 1240 g/mol. The van der Waals surface area contributed by atoms with Crippen molar-refractivity contribution in [3.63, 3.8) is 0 Å². The van der Waals surface area contributed by atoms with Gasteiger partial charge in [-0.15, -0.1) is 0 Å². The number of ether oxygens (including phenoxy) is 2. The minimum absolute atomic E-state index is 0. The third kappa shape index (κ3) is 13.5. The van der Waals surface area contributed by atoms with Crippen molar-refractivity contribution in [2.45, 2.75) is 183 Å². The van der Waals surface area contributed by atoms with Crippen LogP contribution in [0.25, 0.3) is 0 Å². The van der Waals surface area contributed by atoms with E-state index in [1.165, 1.54) is 55.2 Å². The van der Waals surface area contributed by atoms with E-state index in [-0.39, 0.29) is 64.2 Å². The van der Waals surface area contributed by atoms with E-state index in [9.17, 15) is 14.4 Å². The molecule has 3 spiro atoms. The normalized spacial score (nSPS) is 28.8. The van der Waals surface area contributed by atoms with Crippen LogP contribution in [-0.4, -0.2) is 158 Å². The summed E-state index contributed by atoms with van der Waals surface area (Å²) in [4.78, 5) is 55.0. The lowest BCUT2D eigenvalue weighted by Gasteiger charge is -2.53. The fourth-order valence-corrected chi connectivity index (χ4v) is 17.4. The zero-order valence-electron chi connectivity index (χ0n) is 56.1. The quantitative estimate of drug-likeness (QED) is 0.100. The van der Waals surface area contributed by atoms with E-state index in [2.05, 4.69) is 199 Å². The first-order valence-corrected chi connectivity index (χ1v) is 33.8. The van der Waals surface area contributed by atoms with Crippen molar-refractivity contribution < 1.29 is 23.9 Å². The Hall–Kier alpha value is -6.61. The second-order valence-electron chi connectivity index (χ2n) is 29.9. The number of benzene rings is 5. The van der Waals surface area contributed by atoms with E-state index >= 15 is 0 Å². The second-order valence-corrected chi connectivity index (χ2v) is 29.9. The van der Waals surface area contributed by atoms with Gasteiger partial charge in [-0.1, -0.05) is 149 Å². The molecular formula is C77H109N9O5. The standard InChI is InChI=1S/C30H41N3O2.C24H31N3O2.C22H33N3O.CH4/c1-28(15-8-16-28)22-33-27(34)32(21-24-11-13-26(35-4)14-12-24)23-29(33)17-19-30(20-18-29,31(2)3)25-9-6-5-7-10-25;1-26(2)24(20-7-5-4-6-8-20)15-13-23(14-16-24)18-27(22(28)25-23)17-19-9-11-21(29-3)12-10-19;1-20(10-7-11-20)17-25-19(26)23-16-21(25)12-14-22(15-13-21,24(2)3)18-8-5-4-6-9-18;/h5-7,9-14H,8,15-23H2,1-4H3;4-12H,13-18H2,1-3H3,(H,25,28);4-6,8-9H,7,10-17H2,1-3H3,(H,23,26);1H4. The summed E-state index contributed by atoms with van der Waals surface area (Å²) in [5.41, 5.74) is 7.08. The van der Waals surface area contributed by atoms with Crippen molar-refractivity contribution in [2.75, 3.05) is 89.2 Å². The number of urea groups is 3. The number of hydrogen-bond donors (Lipinski definition) is 2. The summed E-state index contributed by atoms with van der Waals surface area (Å²) in [6.07, 6.45) is 20.3. The molecule has 492 valence electrons. The maximum absolute atomic E-state index is 13.9. The Kier molecular flexibility index (Phi) is 20.1. The number of rotatable bonds is 16. The van der Waals surface area contributed by atoms with Crippen molar-refractivity contribution in [3.05, 3.63) is 167 Å². The van der Waals surface area contributed by atoms with E-state index in [1.54, 1.807) is 14.2 Å². The van der Waals surface area contributed by atoms with Crippen LogP contribution in [0.4, 0.5) is 14.4 Å². The highest BCUT2D eigenvalue weighted by Crippen LogP contribution is 2.54. The van der Waals surface area contributed by atoms with Crippen LogP contribution < -0.4 is 20.1 Å². The molecule has 5 aromatic carbocycles. The molecule has 0 aromatic heterocycles. The van der Waals surface area contributed by atoms with Gasteiger partial charge in [-0.3, -0.25) is 14.7 Å². The van der Waals surface area contributed by atoms with Crippen LogP contribution in [0.1, 0.15) is 165 Å². The average molecular weight is 1240 g/mol. The lowest BCUT2D eigenvalue weighted by atomic mass is 9.66. The van der Waals surface area contributed by atoms with Crippen LogP contribution in [0.5, 0.6) is 11.5 Å². The maximum Gasteiger partial charge on any atom is 0.320 e. The van der Waals surface area contributed by atoms with Crippen molar-refractivity contribution in [1.82, 2.24) is 44.9 Å². The number of methoxy groups -OCH3 is 2. The highest BCUT2D eigenvalue weighted by atomic mass is 16.5. The second kappa shape index (κ2) is 27.2. The fourth-order valence-electron chi connectivity index (χ4n) is 17.4. The molecule has 5 aromatic rings. The van der Waals surface area contributed by atoms with Crippen LogP contribution in [0, 0.1) is 10.8 Å². The van der Waals surface area contributed by atoms with Gasteiger partial charge >= 0.3 is 18.1 Å². The first-order chi connectivity index (χ1) is 43.1. The van der Waals surface area contributed by atoms with Gasteiger partial charge in [0.25, 0.3) is 0 Å². The number of carbonyl (C=O) groups excluding carboxylic acids is 3. The van der Waals surface area contributed by atoms with E-state index in [0.717, 1.165) is 132 Å². The molecule has 2 N–H and O–H groups in total. The lowest BCUT2D eigenvalue weighted by molar-refractivity contribution is -0.000355. The topological polar surface area (TPSA) is 116 Å². The fraction of sp³-hybridized carbons (Fsp3) is 0.571. The SMILES string of the molecule is C.CN(C)C1(c2ccccc2)CCC2(CC1)CNC(=O)N2CC1(C)CCC1.COc1ccc(CN2CC3(CCC(c4ccccc4)(N(C)C)CC3)N(CC3(C)CCC3)C2=O)cc1.COc1ccc(CN2CC3(CCC(c4ccccc4)(N(C)C)CC3)NC2=O)cc1. The third-order valence-electron chi connectivity index (χ3n) is 23.9. The Morgan fingerprint density at radius 3 is 1.18 bits per heavy atom. The number of nitrogens with one attached hydrogen (secondary N) is 2. The minimum atomic E-state index is -0.113. The predicted octanol–water partition coefficient (Wildman–Crippen LogP) is 14.5. The molecule has 14 heteroatoms. The van der Waals surface area contributed by atoms with Gasteiger partial charge in [0.05, 0.1) is 30.8 Å². The lowest BCUT2D eigenvalue weighted by Crippen LogP contribution is -2.57. The van der Waals surface area contributed by atoms with Crippen molar-refractivity contribution in [1.29, 1.82) is 0 Å². The molecular weight excluding hydrogens is 1130 g/mol. The molecule has 8 aliphatic rings. The first kappa shape index (κ1) is 67.3. The molecule has 5 saturated carbocycles. The highest BCUT2D eigenvalue weighted by molar-refractivity contribution is 5.79.